The molecule has 0 bridgehead atoms. The van der Waals surface area contributed by atoms with E-state index < -0.39 is 0 Å². The highest BCUT2D eigenvalue weighted by Gasteiger charge is 2.48. The van der Waals surface area contributed by atoms with E-state index in [9.17, 15) is 0 Å². The minimum absolute atomic E-state index is 0.105. The number of hydrogen-bond donors (Lipinski definition) is 1. The molecule has 0 aliphatic heterocycles. The molecule has 0 saturated heterocycles. The summed E-state index contributed by atoms with van der Waals surface area (Å²) in [6, 6.07) is 0. The predicted octanol–water partition coefficient (Wildman–Crippen LogP) is 3.08. The van der Waals surface area contributed by atoms with E-state index in [1.807, 2.05) is 6.20 Å². The predicted molar refractivity (Wildman–Crippen MR) is 64.2 cm³/mol. The second-order valence-electron chi connectivity index (χ2n) is 6.51. The number of nitrogens with zero attached hydrogens (tertiary/aromatic N) is 1. The summed E-state index contributed by atoms with van der Waals surface area (Å²) in [5, 5.41) is 3.38. The van der Waals surface area contributed by atoms with Crippen LogP contribution in [0, 0.1) is 5.41 Å². The number of nitrogens with one attached hydrogen (secondary N) is 1. The van der Waals surface area contributed by atoms with E-state index in [1.165, 1.54) is 6.42 Å². The Bertz CT molecular complexity index is 374. The topological polar surface area (TPSA) is 38.1 Å². The van der Waals surface area contributed by atoms with Crippen molar-refractivity contribution in [3.63, 3.8) is 0 Å². The molecule has 1 atom stereocenters. The highest BCUT2D eigenvalue weighted by Crippen LogP contribution is 2.58. The molecule has 2 rings (SSSR count). The maximum Gasteiger partial charge on any atom is 0.208 e. The van der Waals surface area contributed by atoms with Crippen molar-refractivity contribution < 1.29 is 4.42 Å². The molecular formula is C13H22N2O. The number of aromatic nitrogens is 1. The van der Waals surface area contributed by atoms with Gasteiger partial charge in [-0.15, -0.1) is 0 Å². The van der Waals surface area contributed by atoms with E-state index >= 15 is 0 Å². The van der Waals surface area contributed by atoms with Crippen LogP contribution in [0.2, 0.25) is 0 Å². The van der Waals surface area contributed by atoms with Gasteiger partial charge in [-0.25, -0.2) is 4.98 Å². The molecule has 1 aliphatic rings. The lowest BCUT2D eigenvalue weighted by Crippen LogP contribution is -2.35. The first-order valence-corrected chi connectivity index (χ1v) is 5.97. The molecule has 1 fully saturated rings. The maximum absolute atomic E-state index is 5.76. The smallest absolute Gasteiger partial charge is 0.208 e. The number of hydrogen-bond acceptors (Lipinski definition) is 3. The van der Waals surface area contributed by atoms with Gasteiger partial charge in [0, 0.05) is 11.5 Å². The molecule has 3 heteroatoms. The molecule has 0 aromatic carbocycles. The zero-order valence-corrected chi connectivity index (χ0v) is 10.9. The molecule has 0 radical (unpaired) electrons. The summed E-state index contributed by atoms with van der Waals surface area (Å²) < 4.78 is 5.76. The molecular weight excluding hydrogens is 200 g/mol. The minimum Gasteiger partial charge on any atom is -0.444 e. The fourth-order valence-electron chi connectivity index (χ4n) is 1.86. The standard InChI is InChI=1S/C13H22N2O/c1-12(2,3)15-8-11-14-7-10(16-11)9-6-13(9,4)5/h7,9,15H,6,8H2,1-5H3. The van der Waals surface area contributed by atoms with E-state index in [1.54, 1.807) is 0 Å². The molecule has 1 N–H and O–H groups in total. The largest absolute Gasteiger partial charge is 0.444 e. The van der Waals surface area contributed by atoms with Gasteiger partial charge >= 0.3 is 0 Å². The molecule has 90 valence electrons. The molecule has 1 saturated carbocycles. The van der Waals surface area contributed by atoms with Crippen molar-refractivity contribution in [2.45, 2.75) is 59.0 Å². The van der Waals surface area contributed by atoms with Gasteiger partial charge in [-0.1, -0.05) is 13.8 Å². The maximum atomic E-state index is 5.76. The Hall–Kier alpha value is -0.830. The number of rotatable bonds is 3. The van der Waals surface area contributed by atoms with Gasteiger partial charge < -0.3 is 9.73 Å². The van der Waals surface area contributed by atoms with Crippen molar-refractivity contribution in [1.29, 1.82) is 0 Å². The van der Waals surface area contributed by atoms with Gasteiger partial charge in [0.25, 0.3) is 0 Å². The Labute approximate surface area is 97.6 Å². The lowest BCUT2D eigenvalue weighted by Gasteiger charge is -2.18. The Morgan fingerprint density at radius 2 is 2.12 bits per heavy atom. The highest BCUT2D eigenvalue weighted by atomic mass is 16.4. The lowest BCUT2D eigenvalue weighted by atomic mass is 10.1. The molecule has 1 unspecified atom stereocenters. The third-order valence-electron chi connectivity index (χ3n) is 3.20. The summed E-state index contributed by atoms with van der Waals surface area (Å²) in [7, 11) is 0. The molecule has 1 aliphatic carbocycles. The Morgan fingerprint density at radius 1 is 1.50 bits per heavy atom. The molecule has 0 spiro atoms. The zero-order chi connectivity index (χ0) is 12.0. The molecule has 3 nitrogen and oxygen atoms in total. The summed E-state index contributed by atoms with van der Waals surface area (Å²) in [6.45, 7) is 11.7. The van der Waals surface area contributed by atoms with Gasteiger partial charge in [0.2, 0.25) is 5.89 Å². The summed E-state index contributed by atoms with van der Waals surface area (Å²) >= 11 is 0. The third-order valence-corrected chi connectivity index (χ3v) is 3.20. The second kappa shape index (κ2) is 3.59. The van der Waals surface area contributed by atoms with Crippen LogP contribution in [-0.4, -0.2) is 10.5 Å². The second-order valence-corrected chi connectivity index (χ2v) is 6.51. The van der Waals surface area contributed by atoms with Crippen molar-refractivity contribution in [1.82, 2.24) is 10.3 Å². The quantitative estimate of drug-likeness (QED) is 0.854. The fraction of sp³-hybridized carbons (Fsp3) is 0.769. The fourth-order valence-corrected chi connectivity index (χ4v) is 1.86. The Morgan fingerprint density at radius 3 is 2.62 bits per heavy atom. The van der Waals surface area contributed by atoms with Gasteiger partial charge in [-0.2, -0.15) is 0 Å². The van der Waals surface area contributed by atoms with Crippen molar-refractivity contribution >= 4 is 0 Å². The first kappa shape index (κ1) is 11.6. The summed E-state index contributed by atoms with van der Waals surface area (Å²) in [5.74, 6) is 2.42. The molecule has 1 aromatic rings. The van der Waals surface area contributed by atoms with Crippen molar-refractivity contribution in [3.8, 4) is 0 Å². The van der Waals surface area contributed by atoms with Crippen LogP contribution in [0.25, 0.3) is 0 Å². The molecule has 16 heavy (non-hydrogen) atoms. The van der Waals surface area contributed by atoms with Gasteiger partial charge in [-0.05, 0) is 32.6 Å². The summed E-state index contributed by atoms with van der Waals surface area (Å²) in [6.07, 6.45) is 3.10. The SMILES string of the molecule is CC(C)(C)NCc1ncc(C2CC2(C)C)o1. The first-order valence-electron chi connectivity index (χ1n) is 5.97. The van der Waals surface area contributed by atoms with Crippen molar-refractivity contribution in [2.24, 2.45) is 5.41 Å². The van der Waals surface area contributed by atoms with Gasteiger partial charge in [0.15, 0.2) is 0 Å². The molecule has 0 amide bonds. The van der Waals surface area contributed by atoms with Crippen LogP contribution in [0.1, 0.15) is 58.6 Å². The van der Waals surface area contributed by atoms with Crippen LogP contribution in [0.15, 0.2) is 10.6 Å². The third kappa shape index (κ3) is 2.64. The van der Waals surface area contributed by atoms with Gasteiger partial charge in [0.1, 0.15) is 5.76 Å². The van der Waals surface area contributed by atoms with Crippen LogP contribution < -0.4 is 5.32 Å². The van der Waals surface area contributed by atoms with Crippen LogP contribution in [0.4, 0.5) is 0 Å². The first-order chi connectivity index (χ1) is 7.28. The van der Waals surface area contributed by atoms with E-state index in [0.717, 1.165) is 11.7 Å². The average molecular weight is 222 g/mol. The lowest BCUT2D eigenvalue weighted by molar-refractivity contribution is 0.368. The van der Waals surface area contributed by atoms with Crippen molar-refractivity contribution in [3.05, 3.63) is 17.8 Å². The average Bonchev–Trinajstić information content (AvgIpc) is 2.62. The zero-order valence-electron chi connectivity index (χ0n) is 10.9. The monoisotopic (exact) mass is 222 g/mol. The Balaban J connectivity index is 1.94. The summed E-state index contributed by atoms with van der Waals surface area (Å²) in [4.78, 5) is 4.32. The van der Waals surface area contributed by atoms with E-state index in [-0.39, 0.29) is 5.54 Å². The van der Waals surface area contributed by atoms with Crippen LogP contribution in [-0.2, 0) is 6.54 Å². The molecule has 1 heterocycles. The van der Waals surface area contributed by atoms with Gasteiger partial charge in [0.05, 0.1) is 12.7 Å². The normalized spacial score (nSPS) is 23.4. The van der Waals surface area contributed by atoms with E-state index in [0.29, 0.717) is 17.9 Å². The van der Waals surface area contributed by atoms with E-state index in [4.69, 9.17) is 4.42 Å². The van der Waals surface area contributed by atoms with E-state index in [2.05, 4.69) is 44.9 Å². The highest BCUT2D eigenvalue weighted by molar-refractivity contribution is 5.17. The molecule has 1 aromatic heterocycles. The Kier molecular flexibility index (Phi) is 2.61. The van der Waals surface area contributed by atoms with Gasteiger partial charge in [-0.3, -0.25) is 0 Å². The minimum atomic E-state index is 0.105. The van der Waals surface area contributed by atoms with Crippen LogP contribution in [0.5, 0.6) is 0 Å². The van der Waals surface area contributed by atoms with Crippen LogP contribution >= 0.6 is 0 Å². The van der Waals surface area contributed by atoms with Crippen molar-refractivity contribution in [2.75, 3.05) is 0 Å². The summed E-state index contributed by atoms with van der Waals surface area (Å²) in [5.41, 5.74) is 0.516. The number of oxazole rings is 1. The van der Waals surface area contributed by atoms with Crippen LogP contribution in [0.3, 0.4) is 0 Å².